The molecular formula is C23H22ClN3O4S. The summed E-state index contributed by atoms with van der Waals surface area (Å²) < 4.78 is 25.9. The molecular weight excluding hydrogens is 450 g/mol. The van der Waals surface area contributed by atoms with Crippen LogP contribution < -0.4 is 5.32 Å². The number of benzene rings is 2. The first-order chi connectivity index (χ1) is 15.3. The number of carbonyl (C=O) groups excluding carboxylic acids is 1. The average molecular weight is 472 g/mol. The van der Waals surface area contributed by atoms with Gasteiger partial charge in [-0.2, -0.15) is 0 Å². The second kappa shape index (κ2) is 9.95. The minimum atomic E-state index is -3.86. The van der Waals surface area contributed by atoms with Crippen LogP contribution in [0.2, 0.25) is 5.02 Å². The van der Waals surface area contributed by atoms with Crippen molar-refractivity contribution in [3.8, 4) is 0 Å². The Morgan fingerprint density at radius 1 is 1.19 bits per heavy atom. The van der Waals surface area contributed by atoms with Gasteiger partial charge < -0.3 is 15.4 Å². The molecule has 0 fully saturated rings. The van der Waals surface area contributed by atoms with Crippen LogP contribution in [0.25, 0.3) is 6.08 Å². The Bertz CT molecular complexity index is 1280. The van der Waals surface area contributed by atoms with E-state index in [1.165, 1.54) is 30.5 Å². The summed E-state index contributed by atoms with van der Waals surface area (Å²) >= 11 is 6.08. The number of rotatable bonds is 8. The molecule has 0 unspecified atom stereocenters. The molecule has 9 heteroatoms. The number of halogens is 1. The molecule has 0 aliphatic rings. The van der Waals surface area contributed by atoms with Gasteiger partial charge in [0.05, 0.1) is 21.4 Å². The van der Waals surface area contributed by atoms with Crippen molar-refractivity contribution >= 4 is 40.1 Å². The van der Waals surface area contributed by atoms with Crippen LogP contribution in [0.4, 0.5) is 0 Å². The minimum Gasteiger partial charge on any atom is -0.392 e. The molecule has 1 heterocycles. The van der Waals surface area contributed by atoms with Crippen molar-refractivity contribution < 1.29 is 18.3 Å². The van der Waals surface area contributed by atoms with Crippen molar-refractivity contribution in [3.63, 3.8) is 0 Å². The highest BCUT2D eigenvalue weighted by molar-refractivity contribution is 7.91. The number of nitrogens with one attached hydrogen (secondary N) is 2. The Morgan fingerprint density at radius 2 is 1.88 bits per heavy atom. The Kier molecular flexibility index (Phi) is 7.29. The zero-order valence-corrected chi connectivity index (χ0v) is 18.9. The molecule has 166 valence electrons. The van der Waals surface area contributed by atoms with E-state index in [0.717, 1.165) is 16.8 Å². The van der Waals surface area contributed by atoms with E-state index in [0.29, 0.717) is 11.3 Å². The van der Waals surface area contributed by atoms with Crippen LogP contribution in [0.3, 0.4) is 0 Å². The molecule has 2 aromatic carbocycles. The summed E-state index contributed by atoms with van der Waals surface area (Å²) in [4.78, 5) is 19.1. The molecule has 0 saturated heterocycles. The van der Waals surface area contributed by atoms with Crippen LogP contribution in [-0.4, -0.2) is 31.1 Å². The van der Waals surface area contributed by atoms with Crippen molar-refractivity contribution in [1.82, 2.24) is 10.3 Å². The largest absolute Gasteiger partial charge is 0.392 e. The van der Waals surface area contributed by atoms with Crippen LogP contribution >= 0.6 is 11.6 Å². The van der Waals surface area contributed by atoms with Crippen molar-refractivity contribution in [1.29, 1.82) is 0 Å². The van der Waals surface area contributed by atoms with Gasteiger partial charge in [0, 0.05) is 18.4 Å². The molecule has 0 radical (unpaired) electrons. The lowest BCUT2D eigenvalue weighted by molar-refractivity contribution is 0.0946. The molecule has 1 aromatic heterocycles. The van der Waals surface area contributed by atoms with Gasteiger partial charge >= 0.3 is 0 Å². The quantitative estimate of drug-likeness (QED) is 0.432. The zero-order valence-electron chi connectivity index (χ0n) is 17.3. The predicted octanol–water partition coefficient (Wildman–Crippen LogP) is 3.90. The third kappa shape index (κ3) is 5.16. The molecule has 0 aliphatic carbocycles. The lowest BCUT2D eigenvalue weighted by Gasteiger charge is -2.10. The van der Waals surface area contributed by atoms with Gasteiger partial charge in [-0.05, 0) is 66.7 Å². The normalized spacial score (nSPS) is 11.6. The molecule has 3 aromatic rings. The highest BCUT2D eigenvalue weighted by Crippen LogP contribution is 2.29. The lowest BCUT2D eigenvalue weighted by atomic mass is 10.2. The first kappa shape index (κ1) is 23.5. The topological polar surface area (TPSA) is 112 Å². The third-order valence-corrected chi connectivity index (χ3v) is 7.05. The van der Waals surface area contributed by atoms with E-state index in [2.05, 4.69) is 22.0 Å². The van der Waals surface area contributed by atoms with E-state index in [9.17, 15) is 18.3 Å². The lowest BCUT2D eigenvalue weighted by Crippen LogP contribution is -2.23. The standard InChI is InChI=1S/C23H22ClN3O4S/c1-15-11-21(27-20(15)9-10-25-2)23(29)26-13-16-3-6-18(7-4-16)32(30,31)22-12-17(14-28)5-8-19(22)24/h3-12,27-28H,2,13-14H2,1H3,(H,26,29)/b10-9-. The van der Waals surface area contributed by atoms with Crippen LogP contribution in [-0.2, 0) is 23.0 Å². The number of hydrogen-bond donors (Lipinski definition) is 3. The van der Waals surface area contributed by atoms with Gasteiger partial charge in [-0.25, -0.2) is 8.42 Å². The number of hydrogen-bond acceptors (Lipinski definition) is 5. The Hall–Kier alpha value is -3.20. The molecule has 0 saturated carbocycles. The zero-order chi connectivity index (χ0) is 23.3. The monoisotopic (exact) mass is 471 g/mol. The maximum atomic E-state index is 12.9. The van der Waals surface area contributed by atoms with Crippen LogP contribution in [0.15, 0.2) is 69.5 Å². The van der Waals surface area contributed by atoms with Crippen LogP contribution in [0.5, 0.6) is 0 Å². The van der Waals surface area contributed by atoms with Crippen molar-refractivity contribution in [3.05, 3.63) is 87.8 Å². The summed E-state index contributed by atoms with van der Waals surface area (Å²) in [5, 5.41) is 12.2. The predicted molar refractivity (Wildman–Crippen MR) is 125 cm³/mol. The number of carbonyl (C=O) groups is 1. The summed E-state index contributed by atoms with van der Waals surface area (Å²) in [7, 11) is -3.86. The molecule has 0 aliphatic heterocycles. The van der Waals surface area contributed by atoms with Crippen molar-refractivity contribution in [2.75, 3.05) is 0 Å². The first-order valence-corrected chi connectivity index (χ1v) is 11.5. The highest BCUT2D eigenvalue weighted by Gasteiger charge is 2.21. The number of aryl methyl sites for hydroxylation is 1. The van der Waals surface area contributed by atoms with E-state index in [1.807, 2.05) is 6.92 Å². The van der Waals surface area contributed by atoms with Gasteiger partial charge in [-0.15, -0.1) is 0 Å². The number of H-pyrrole nitrogens is 1. The van der Waals surface area contributed by atoms with Gasteiger partial charge in [-0.1, -0.05) is 29.8 Å². The number of nitrogens with zero attached hydrogens (tertiary/aromatic N) is 1. The molecule has 7 nitrogen and oxygen atoms in total. The fraction of sp³-hybridized carbons (Fsp3) is 0.130. The molecule has 3 N–H and O–H groups in total. The van der Waals surface area contributed by atoms with Crippen molar-refractivity contribution in [2.45, 2.75) is 29.9 Å². The fourth-order valence-electron chi connectivity index (χ4n) is 3.04. The Balaban J connectivity index is 1.72. The van der Waals surface area contributed by atoms with Gasteiger partial charge in [0.2, 0.25) is 9.84 Å². The van der Waals surface area contributed by atoms with E-state index < -0.39 is 9.84 Å². The van der Waals surface area contributed by atoms with Crippen molar-refractivity contribution in [2.24, 2.45) is 4.99 Å². The van der Waals surface area contributed by atoms with Gasteiger partial charge in [0.15, 0.2) is 0 Å². The summed E-state index contributed by atoms with van der Waals surface area (Å²) in [6.45, 7) is 5.18. The number of sulfone groups is 1. The summed E-state index contributed by atoms with van der Waals surface area (Å²) in [5.74, 6) is -0.288. The molecule has 0 spiro atoms. The third-order valence-electron chi connectivity index (χ3n) is 4.80. The summed E-state index contributed by atoms with van der Waals surface area (Å²) in [6.07, 6.45) is 3.25. The molecule has 3 rings (SSSR count). The molecule has 32 heavy (non-hydrogen) atoms. The summed E-state index contributed by atoms with van der Waals surface area (Å²) in [6, 6.07) is 12.3. The average Bonchev–Trinajstić information content (AvgIpc) is 3.17. The van der Waals surface area contributed by atoms with Gasteiger partial charge in [0.25, 0.3) is 5.91 Å². The van der Waals surface area contributed by atoms with Crippen LogP contribution in [0, 0.1) is 6.92 Å². The maximum Gasteiger partial charge on any atom is 0.267 e. The smallest absolute Gasteiger partial charge is 0.267 e. The second-order valence-corrected chi connectivity index (χ2v) is 9.36. The maximum absolute atomic E-state index is 12.9. The Labute approximate surface area is 191 Å². The second-order valence-electron chi connectivity index (χ2n) is 7.03. The van der Waals surface area contributed by atoms with E-state index in [-0.39, 0.29) is 33.9 Å². The minimum absolute atomic E-state index is 0.0645. The van der Waals surface area contributed by atoms with Crippen LogP contribution in [0.1, 0.15) is 32.9 Å². The van der Waals surface area contributed by atoms with E-state index in [1.54, 1.807) is 30.3 Å². The van der Waals surface area contributed by atoms with E-state index in [4.69, 9.17) is 11.6 Å². The SMILES string of the molecule is C=N/C=C\c1[nH]c(C(=O)NCc2ccc(S(=O)(=O)c3cc(CO)ccc3Cl)cc2)cc1C. The number of aliphatic hydroxyl groups is 1. The number of aliphatic hydroxyl groups excluding tert-OH is 1. The molecule has 0 bridgehead atoms. The number of aromatic nitrogens is 1. The first-order valence-electron chi connectivity index (χ1n) is 9.59. The van der Waals surface area contributed by atoms with Gasteiger partial charge in [0.1, 0.15) is 5.69 Å². The van der Waals surface area contributed by atoms with Gasteiger partial charge in [-0.3, -0.25) is 9.79 Å². The Morgan fingerprint density at radius 3 is 2.53 bits per heavy atom. The highest BCUT2D eigenvalue weighted by atomic mass is 35.5. The number of aliphatic imine (C=N–C) groups is 1. The summed E-state index contributed by atoms with van der Waals surface area (Å²) in [5.41, 5.74) is 3.25. The fourth-order valence-corrected chi connectivity index (χ4v) is 4.84. The number of amides is 1. The number of aromatic amines is 1. The van der Waals surface area contributed by atoms with E-state index >= 15 is 0 Å². The molecule has 1 amide bonds. The molecule has 0 atom stereocenters.